The van der Waals surface area contributed by atoms with Gasteiger partial charge in [0, 0.05) is 20.8 Å². The first-order valence-corrected chi connectivity index (χ1v) is 5.92. The Balaban J connectivity index is -0.000000108. The van der Waals surface area contributed by atoms with Crippen LogP contribution in [0.4, 0.5) is 0 Å². The van der Waals surface area contributed by atoms with Crippen molar-refractivity contribution in [3.8, 4) is 18.2 Å². The third kappa shape index (κ3) is 11.5. The summed E-state index contributed by atoms with van der Waals surface area (Å²) in [6, 6.07) is 5.25. The molecule has 1 aromatic carbocycles. The Morgan fingerprint density at radius 2 is 0.850 bits per heavy atom. The molecule has 0 saturated carbocycles. The van der Waals surface area contributed by atoms with Crippen molar-refractivity contribution < 1.29 is 19.5 Å². The van der Waals surface area contributed by atoms with Gasteiger partial charge in [0.15, 0.2) is 0 Å². The molecular weight excluding hydrogens is 337 g/mol. The largest absolute Gasteiger partial charge is 3.00 e. The minimum absolute atomic E-state index is 0. The zero-order valence-corrected chi connectivity index (χ0v) is 15.3. The number of nitrogens with zero attached hydrogens (tertiary/aromatic N) is 3. The third-order valence-corrected chi connectivity index (χ3v) is 2.81. The number of nitriles is 3. The van der Waals surface area contributed by atoms with Crippen molar-refractivity contribution in [3.05, 3.63) is 27.8 Å². The van der Waals surface area contributed by atoms with Crippen LogP contribution in [0.25, 0.3) is 0 Å². The molecule has 0 N–H and O–H groups in total. The number of rotatable bonds is 0. The Hall–Kier alpha value is -1.56. The second-order valence-corrected chi connectivity index (χ2v) is 3.80. The van der Waals surface area contributed by atoms with Crippen molar-refractivity contribution in [1.82, 2.24) is 0 Å². The van der Waals surface area contributed by atoms with Gasteiger partial charge < -0.3 is 0 Å². The fourth-order valence-corrected chi connectivity index (χ4v) is 1.41. The Labute approximate surface area is 137 Å². The van der Waals surface area contributed by atoms with Gasteiger partial charge in [-0.1, -0.05) is 34.6 Å². The molecule has 20 heavy (non-hydrogen) atoms. The van der Waals surface area contributed by atoms with Gasteiger partial charge in [-0.3, -0.25) is 0 Å². The first kappa shape index (κ1) is 26.9. The molecule has 1 rings (SSSR count). The molecule has 0 unspecified atom stereocenters. The molecule has 0 radical (unpaired) electrons. The molecule has 4 heteroatoms. The van der Waals surface area contributed by atoms with Crippen LogP contribution in [0.2, 0.25) is 0 Å². The van der Waals surface area contributed by atoms with Gasteiger partial charge >= 0.3 is 19.5 Å². The summed E-state index contributed by atoms with van der Waals surface area (Å²) in [6.45, 7) is 15.3. The third-order valence-electron chi connectivity index (χ3n) is 2.81. The van der Waals surface area contributed by atoms with Crippen LogP contribution in [-0.4, -0.2) is 0 Å². The molecule has 0 heterocycles. The maximum Gasteiger partial charge on any atom is 3.00 e. The summed E-state index contributed by atoms with van der Waals surface area (Å²) in [5, 5.41) is 22.0. The van der Waals surface area contributed by atoms with Crippen molar-refractivity contribution in [2.45, 2.75) is 55.4 Å². The van der Waals surface area contributed by atoms with Gasteiger partial charge in [-0.15, -0.1) is 0 Å². The number of hydrogen-bond acceptors (Lipinski definition) is 3. The Morgan fingerprint density at radius 1 is 0.700 bits per heavy atom. The standard InChI is InChI=1S/C10H15.3C2H3N.Rh/c1-6-7(2)9(4)10(5)8(6)3;3*1-2-3;/h1-5H3;3*1H3;/q-1;;;;+3. The predicted molar refractivity (Wildman–Crippen MR) is 79.6 cm³/mol. The molecule has 0 saturated heterocycles. The summed E-state index contributed by atoms with van der Waals surface area (Å²) in [5.74, 6) is 0. The molecule has 0 bridgehead atoms. The molecule has 0 atom stereocenters. The van der Waals surface area contributed by atoms with Crippen LogP contribution < -0.4 is 0 Å². The normalized spacial score (nSPS) is 6.45. The summed E-state index contributed by atoms with van der Waals surface area (Å²) < 4.78 is 0. The summed E-state index contributed by atoms with van der Waals surface area (Å²) >= 11 is 0. The van der Waals surface area contributed by atoms with Gasteiger partial charge in [0.2, 0.25) is 0 Å². The van der Waals surface area contributed by atoms with Crippen LogP contribution >= 0.6 is 0 Å². The van der Waals surface area contributed by atoms with E-state index in [1.54, 1.807) is 18.2 Å². The monoisotopic (exact) mass is 361 g/mol. The van der Waals surface area contributed by atoms with E-state index < -0.39 is 0 Å². The van der Waals surface area contributed by atoms with Crippen molar-refractivity contribution in [1.29, 1.82) is 15.8 Å². The molecule has 110 valence electrons. The van der Waals surface area contributed by atoms with Gasteiger partial charge in [-0.05, 0) is 0 Å². The Kier molecular flexibility index (Phi) is 23.5. The predicted octanol–water partition coefficient (Wildman–Crippen LogP) is 4.53. The Bertz CT molecular complexity index is 371. The molecule has 0 spiro atoms. The molecule has 0 aliphatic carbocycles. The van der Waals surface area contributed by atoms with Crippen LogP contribution in [0.5, 0.6) is 0 Å². The van der Waals surface area contributed by atoms with E-state index in [0.717, 1.165) is 0 Å². The summed E-state index contributed by atoms with van der Waals surface area (Å²) in [5.41, 5.74) is 7.34. The summed E-state index contributed by atoms with van der Waals surface area (Å²) in [4.78, 5) is 0. The van der Waals surface area contributed by atoms with Crippen LogP contribution in [0.3, 0.4) is 0 Å². The molecule has 0 aliphatic heterocycles. The molecule has 3 nitrogen and oxygen atoms in total. The minimum Gasteiger partial charge on any atom is -0.199 e. The van der Waals surface area contributed by atoms with E-state index in [1.807, 2.05) is 0 Å². The van der Waals surface area contributed by atoms with E-state index in [9.17, 15) is 0 Å². The first-order valence-electron chi connectivity index (χ1n) is 5.92. The topological polar surface area (TPSA) is 71.4 Å². The van der Waals surface area contributed by atoms with Crippen molar-refractivity contribution in [2.75, 3.05) is 0 Å². The van der Waals surface area contributed by atoms with Crippen LogP contribution in [-0.2, 0) is 19.5 Å². The summed E-state index contributed by atoms with van der Waals surface area (Å²) in [6.07, 6.45) is 0. The van der Waals surface area contributed by atoms with Crippen molar-refractivity contribution >= 4 is 0 Å². The van der Waals surface area contributed by atoms with Gasteiger partial charge in [0.1, 0.15) is 0 Å². The fraction of sp³-hybridized carbons (Fsp3) is 0.500. The van der Waals surface area contributed by atoms with E-state index in [1.165, 1.54) is 48.6 Å². The van der Waals surface area contributed by atoms with Crippen molar-refractivity contribution in [2.24, 2.45) is 0 Å². The van der Waals surface area contributed by atoms with Crippen LogP contribution in [0.15, 0.2) is 0 Å². The maximum atomic E-state index is 7.32. The zero-order chi connectivity index (χ0) is 16.0. The molecule has 0 fully saturated rings. The van der Waals surface area contributed by atoms with Gasteiger partial charge in [-0.25, -0.2) is 0 Å². The van der Waals surface area contributed by atoms with E-state index in [2.05, 4.69) is 34.6 Å². The quantitative estimate of drug-likeness (QED) is 0.503. The molecular formula is C16H24N3Rh+2. The van der Waals surface area contributed by atoms with E-state index in [4.69, 9.17) is 15.8 Å². The van der Waals surface area contributed by atoms with E-state index in [0.29, 0.717) is 0 Å². The SMILES string of the molecule is CC#N.CC#N.CC#N.Cc1c(C)c(C)[c-](C)c1C.[Rh+3]. The molecule has 0 amide bonds. The fourth-order valence-electron chi connectivity index (χ4n) is 1.41. The number of hydrogen-bond donors (Lipinski definition) is 0. The second kappa shape index (κ2) is 17.4. The van der Waals surface area contributed by atoms with E-state index in [-0.39, 0.29) is 19.5 Å². The van der Waals surface area contributed by atoms with Crippen LogP contribution in [0, 0.1) is 68.6 Å². The molecule has 0 aromatic heterocycles. The summed E-state index contributed by atoms with van der Waals surface area (Å²) in [7, 11) is 0. The smallest absolute Gasteiger partial charge is 0.199 e. The van der Waals surface area contributed by atoms with Crippen molar-refractivity contribution in [3.63, 3.8) is 0 Å². The average molecular weight is 361 g/mol. The average Bonchev–Trinajstić information content (AvgIpc) is 2.51. The Morgan fingerprint density at radius 3 is 0.900 bits per heavy atom. The minimum atomic E-state index is 0. The zero-order valence-electron chi connectivity index (χ0n) is 13.7. The van der Waals surface area contributed by atoms with Crippen LogP contribution in [0.1, 0.15) is 48.6 Å². The molecule has 0 aliphatic rings. The molecule has 1 aromatic rings. The van der Waals surface area contributed by atoms with E-state index >= 15 is 0 Å². The van der Waals surface area contributed by atoms with Gasteiger partial charge in [0.05, 0.1) is 18.2 Å². The van der Waals surface area contributed by atoms with Gasteiger partial charge in [0.25, 0.3) is 0 Å². The first-order chi connectivity index (χ1) is 8.80. The van der Waals surface area contributed by atoms with Gasteiger partial charge in [-0.2, -0.15) is 43.6 Å². The second-order valence-electron chi connectivity index (χ2n) is 3.80. The maximum absolute atomic E-state index is 7.32.